The van der Waals surface area contributed by atoms with E-state index in [1.165, 1.54) is 13.1 Å². The van der Waals surface area contributed by atoms with Crippen LogP contribution in [-0.4, -0.2) is 42.0 Å². The molecule has 0 aliphatic rings. The van der Waals surface area contributed by atoms with E-state index < -0.39 is 23.9 Å². The third-order valence-electron chi connectivity index (χ3n) is 3.52. The number of rotatable bonds is 8. The summed E-state index contributed by atoms with van der Waals surface area (Å²) in [7, 11) is 0. The van der Waals surface area contributed by atoms with Gasteiger partial charge in [-0.15, -0.1) is 0 Å². The zero-order valence-corrected chi connectivity index (χ0v) is 16.2. The Bertz CT molecular complexity index is 842. The fourth-order valence-corrected chi connectivity index (χ4v) is 2.30. The Balaban J connectivity index is 1.80. The molecular weight excluding hydrogens is 386 g/mol. The Morgan fingerprint density at radius 2 is 1.89 bits per heavy atom. The number of pyridine rings is 1. The van der Waals surface area contributed by atoms with Crippen LogP contribution in [0.3, 0.4) is 0 Å². The monoisotopic (exact) mass is 405 g/mol. The summed E-state index contributed by atoms with van der Waals surface area (Å²) in [5, 5.41) is 5.07. The van der Waals surface area contributed by atoms with E-state index in [0.717, 1.165) is 0 Å². The number of esters is 1. The van der Waals surface area contributed by atoms with Gasteiger partial charge in [-0.1, -0.05) is 11.6 Å². The van der Waals surface area contributed by atoms with E-state index in [2.05, 4.69) is 15.6 Å². The van der Waals surface area contributed by atoms with Crippen molar-refractivity contribution >= 4 is 35.1 Å². The molecule has 0 unspecified atom stereocenters. The van der Waals surface area contributed by atoms with Crippen LogP contribution in [0, 0.1) is 0 Å². The molecule has 2 amide bonds. The van der Waals surface area contributed by atoms with Gasteiger partial charge >= 0.3 is 5.97 Å². The highest BCUT2D eigenvalue weighted by atomic mass is 35.5. The van der Waals surface area contributed by atoms with Crippen molar-refractivity contribution in [2.24, 2.45) is 0 Å². The molecule has 0 aliphatic carbocycles. The van der Waals surface area contributed by atoms with Crippen LogP contribution >= 0.6 is 11.6 Å². The number of amides is 2. The van der Waals surface area contributed by atoms with E-state index in [-0.39, 0.29) is 11.7 Å². The fourth-order valence-electron chi connectivity index (χ4n) is 2.13. The lowest BCUT2D eigenvalue weighted by molar-refractivity contribution is -0.152. The zero-order valence-electron chi connectivity index (χ0n) is 15.4. The second kappa shape index (κ2) is 10.3. The first-order valence-electron chi connectivity index (χ1n) is 8.52. The molecule has 0 spiro atoms. The number of aromatic nitrogens is 1. The lowest BCUT2D eigenvalue weighted by Crippen LogP contribution is -2.35. The second-order valence-corrected chi connectivity index (χ2v) is 5.96. The molecule has 8 nitrogen and oxygen atoms in total. The van der Waals surface area contributed by atoms with Crippen molar-refractivity contribution in [2.75, 3.05) is 18.5 Å². The summed E-state index contributed by atoms with van der Waals surface area (Å²) >= 11 is 5.86. The van der Waals surface area contributed by atoms with E-state index in [1.807, 2.05) is 6.92 Å². The Hall–Kier alpha value is -3.13. The number of halogens is 1. The normalized spacial score (nSPS) is 11.2. The van der Waals surface area contributed by atoms with Crippen LogP contribution in [0.15, 0.2) is 42.6 Å². The molecule has 1 aromatic heterocycles. The van der Waals surface area contributed by atoms with Gasteiger partial charge in [0, 0.05) is 11.8 Å². The summed E-state index contributed by atoms with van der Waals surface area (Å²) in [6, 6.07) is 9.66. The van der Waals surface area contributed by atoms with E-state index in [1.54, 1.807) is 36.4 Å². The van der Waals surface area contributed by atoms with Crippen molar-refractivity contribution in [3.8, 4) is 5.75 Å². The molecule has 28 heavy (non-hydrogen) atoms. The lowest BCUT2D eigenvalue weighted by Gasteiger charge is -2.14. The molecule has 0 fully saturated rings. The highest BCUT2D eigenvalue weighted by Gasteiger charge is 2.19. The average molecular weight is 406 g/mol. The number of hydrogen-bond donors (Lipinski definition) is 2. The number of nitrogens with one attached hydrogen (secondary N) is 2. The van der Waals surface area contributed by atoms with Crippen LogP contribution in [0.25, 0.3) is 0 Å². The van der Waals surface area contributed by atoms with Gasteiger partial charge in [0.2, 0.25) is 0 Å². The number of nitrogens with zero attached hydrogens (tertiary/aromatic N) is 1. The first kappa shape index (κ1) is 21.2. The molecule has 0 radical (unpaired) electrons. The molecule has 0 bridgehead atoms. The molecule has 0 aliphatic heterocycles. The first-order valence-corrected chi connectivity index (χ1v) is 8.90. The molecule has 2 aromatic rings. The van der Waals surface area contributed by atoms with Gasteiger partial charge in [0.1, 0.15) is 12.3 Å². The molecular formula is C19H20ClN3O5. The van der Waals surface area contributed by atoms with Gasteiger partial charge in [-0.2, -0.15) is 0 Å². The third kappa shape index (κ3) is 6.24. The Morgan fingerprint density at radius 1 is 1.18 bits per heavy atom. The smallest absolute Gasteiger partial charge is 0.326 e. The summed E-state index contributed by atoms with van der Waals surface area (Å²) in [6.45, 7) is 3.41. The van der Waals surface area contributed by atoms with Gasteiger partial charge in [0.05, 0.1) is 12.3 Å². The molecule has 0 saturated carbocycles. The zero-order chi connectivity index (χ0) is 20.5. The summed E-state index contributed by atoms with van der Waals surface area (Å²) in [5.41, 5.74) is 0.675. The van der Waals surface area contributed by atoms with Crippen LogP contribution in [0.2, 0.25) is 5.15 Å². The highest BCUT2D eigenvalue weighted by Crippen LogP contribution is 2.17. The van der Waals surface area contributed by atoms with Gasteiger partial charge in [-0.3, -0.25) is 14.4 Å². The van der Waals surface area contributed by atoms with Crippen LogP contribution in [0.1, 0.15) is 24.2 Å². The summed E-state index contributed by atoms with van der Waals surface area (Å²) in [5.74, 6) is -1.12. The minimum atomic E-state index is -1.08. The van der Waals surface area contributed by atoms with E-state index >= 15 is 0 Å². The molecule has 2 N–H and O–H groups in total. The van der Waals surface area contributed by atoms with Crippen LogP contribution in [0.4, 0.5) is 5.69 Å². The van der Waals surface area contributed by atoms with Gasteiger partial charge < -0.3 is 20.1 Å². The molecule has 0 saturated heterocycles. The van der Waals surface area contributed by atoms with Gasteiger partial charge in [-0.05, 0) is 50.2 Å². The van der Waals surface area contributed by atoms with Gasteiger partial charge in [-0.25, -0.2) is 4.98 Å². The van der Waals surface area contributed by atoms with Crippen molar-refractivity contribution in [1.82, 2.24) is 10.3 Å². The Morgan fingerprint density at radius 3 is 2.54 bits per heavy atom. The summed E-state index contributed by atoms with van der Waals surface area (Å²) in [6.07, 6.45) is 0.403. The van der Waals surface area contributed by atoms with Gasteiger partial charge in [0.15, 0.2) is 11.3 Å². The Kier molecular flexibility index (Phi) is 7.76. The van der Waals surface area contributed by atoms with Crippen LogP contribution < -0.4 is 15.4 Å². The number of carbonyl (C=O) groups is 3. The largest absolute Gasteiger partial charge is 0.494 e. The second-order valence-electron chi connectivity index (χ2n) is 5.60. The molecule has 9 heteroatoms. The minimum absolute atomic E-state index is 0.122. The highest BCUT2D eigenvalue weighted by molar-refractivity contribution is 6.32. The fraction of sp³-hybridized carbons (Fsp3) is 0.263. The van der Waals surface area contributed by atoms with Crippen LogP contribution in [-0.2, 0) is 14.3 Å². The molecule has 1 aromatic carbocycles. The number of hydrogen-bond acceptors (Lipinski definition) is 6. The van der Waals surface area contributed by atoms with Crippen molar-refractivity contribution in [1.29, 1.82) is 0 Å². The number of benzene rings is 1. The van der Waals surface area contributed by atoms with E-state index in [0.29, 0.717) is 23.6 Å². The molecule has 1 heterocycles. The first-order chi connectivity index (χ1) is 13.4. The topological polar surface area (TPSA) is 107 Å². The van der Waals surface area contributed by atoms with Crippen molar-refractivity contribution in [2.45, 2.75) is 20.0 Å². The predicted octanol–water partition coefficient (Wildman–Crippen LogP) is 2.43. The minimum Gasteiger partial charge on any atom is -0.494 e. The maximum atomic E-state index is 12.1. The number of anilines is 1. The molecule has 2 rings (SSSR count). The third-order valence-corrected chi connectivity index (χ3v) is 3.82. The number of carbonyl (C=O) groups excluding carboxylic acids is 3. The average Bonchev–Trinajstić information content (AvgIpc) is 2.68. The molecule has 148 valence electrons. The quantitative estimate of drug-likeness (QED) is 0.516. The Labute approximate surface area is 167 Å². The SMILES string of the molecule is CCOc1ccc(C(=O)NCC(=O)O[C@H](C)C(=O)Nc2cccnc2Cl)cc1. The standard InChI is InChI=1S/C19H20ClN3O5/c1-3-27-14-8-6-13(7-9-14)19(26)22-11-16(24)28-12(2)18(25)23-15-5-4-10-21-17(15)20/h4-10,12H,3,11H2,1-2H3,(H,22,26)(H,23,25)/t12-/m1/s1. The van der Waals surface area contributed by atoms with E-state index in [4.69, 9.17) is 21.1 Å². The van der Waals surface area contributed by atoms with Crippen LogP contribution in [0.5, 0.6) is 5.75 Å². The van der Waals surface area contributed by atoms with Crippen molar-refractivity contribution in [3.63, 3.8) is 0 Å². The van der Waals surface area contributed by atoms with Crippen molar-refractivity contribution in [3.05, 3.63) is 53.3 Å². The number of ether oxygens (including phenoxy) is 2. The predicted molar refractivity (Wildman–Crippen MR) is 103 cm³/mol. The molecule has 1 atom stereocenters. The van der Waals surface area contributed by atoms with Crippen molar-refractivity contribution < 1.29 is 23.9 Å². The lowest BCUT2D eigenvalue weighted by atomic mass is 10.2. The summed E-state index contributed by atoms with van der Waals surface area (Å²) < 4.78 is 10.3. The maximum Gasteiger partial charge on any atom is 0.326 e. The maximum absolute atomic E-state index is 12.1. The van der Waals surface area contributed by atoms with E-state index in [9.17, 15) is 14.4 Å². The summed E-state index contributed by atoms with van der Waals surface area (Å²) in [4.78, 5) is 39.8. The van der Waals surface area contributed by atoms with Gasteiger partial charge in [0.25, 0.3) is 11.8 Å².